The molecular weight excluding hydrogens is 341 g/mol. The molecular formula is C18H16FN3O2S. The number of halogens is 1. The largest absolute Gasteiger partial charge is 0.316 e. The summed E-state index contributed by atoms with van der Waals surface area (Å²) in [5.41, 5.74) is 0.607. The number of nitrogens with zero attached hydrogens (tertiary/aromatic N) is 2. The van der Waals surface area contributed by atoms with E-state index in [4.69, 9.17) is 0 Å². The SMILES string of the molecule is CCc1cc(C#N)c(NC(=O)C2CC(=O)N(c3ccccc3F)C2)s1. The van der Waals surface area contributed by atoms with Crippen LogP contribution in [0, 0.1) is 23.1 Å². The summed E-state index contributed by atoms with van der Waals surface area (Å²) in [5, 5.41) is 12.4. The lowest BCUT2D eigenvalue weighted by molar-refractivity contribution is -0.122. The van der Waals surface area contributed by atoms with Crippen LogP contribution >= 0.6 is 11.3 Å². The first-order chi connectivity index (χ1) is 12.0. The minimum atomic E-state index is -0.578. The number of carbonyl (C=O) groups excluding carboxylic acids is 2. The van der Waals surface area contributed by atoms with Crippen molar-refractivity contribution in [2.24, 2.45) is 5.92 Å². The number of nitrogens with one attached hydrogen (secondary N) is 1. The Morgan fingerprint density at radius 2 is 2.24 bits per heavy atom. The topological polar surface area (TPSA) is 73.2 Å². The molecule has 7 heteroatoms. The Morgan fingerprint density at radius 3 is 2.92 bits per heavy atom. The molecule has 1 aliphatic heterocycles. The van der Waals surface area contributed by atoms with E-state index in [1.165, 1.54) is 28.4 Å². The van der Waals surface area contributed by atoms with Crippen molar-refractivity contribution in [1.29, 1.82) is 5.26 Å². The van der Waals surface area contributed by atoms with Crippen LogP contribution in [-0.2, 0) is 16.0 Å². The van der Waals surface area contributed by atoms with E-state index in [2.05, 4.69) is 11.4 Å². The van der Waals surface area contributed by atoms with Crippen molar-refractivity contribution in [3.63, 3.8) is 0 Å². The number of nitriles is 1. The van der Waals surface area contributed by atoms with Crippen LogP contribution in [0.2, 0.25) is 0 Å². The second-order valence-corrected chi connectivity index (χ2v) is 6.90. The fourth-order valence-electron chi connectivity index (χ4n) is 2.79. The summed E-state index contributed by atoms with van der Waals surface area (Å²) in [4.78, 5) is 27.0. The molecule has 0 radical (unpaired) electrons. The molecule has 2 aromatic rings. The van der Waals surface area contributed by atoms with Crippen LogP contribution in [0.4, 0.5) is 15.1 Å². The molecule has 3 rings (SSSR count). The zero-order valence-corrected chi connectivity index (χ0v) is 14.4. The van der Waals surface area contributed by atoms with E-state index in [0.29, 0.717) is 10.6 Å². The maximum atomic E-state index is 13.9. The van der Waals surface area contributed by atoms with Crippen molar-refractivity contribution >= 4 is 33.8 Å². The van der Waals surface area contributed by atoms with Gasteiger partial charge < -0.3 is 10.2 Å². The standard InChI is InChI=1S/C18H16FN3O2S/c1-2-13-7-11(9-20)18(25-13)21-17(24)12-8-16(23)22(10-12)15-6-4-3-5-14(15)19/h3-7,12H,2,8,10H2,1H3,(H,21,24). The third-order valence-electron chi connectivity index (χ3n) is 4.13. The monoisotopic (exact) mass is 357 g/mol. The van der Waals surface area contributed by atoms with Gasteiger partial charge in [-0.25, -0.2) is 4.39 Å². The number of anilines is 2. The lowest BCUT2D eigenvalue weighted by atomic mass is 10.1. The molecule has 0 spiro atoms. The molecule has 1 aromatic carbocycles. The number of aryl methyl sites for hydroxylation is 1. The highest BCUT2D eigenvalue weighted by atomic mass is 32.1. The Labute approximate surface area is 148 Å². The Balaban J connectivity index is 1.74. The molecule has 1 atom stereocenters. The van der Waals surface area contributed by atoms with E-state index >= 15 is 0 Å². The van der Waals surface area contributed by atoms with Gasteiger partial charge in [0.25, 0.3) is 0 Å². The summed E-state index contributed by atoms with van der Waals surface area (Å²) in [5.74, 6) is -1.68. The van der Waals surface area contributed by atoms with Crippen molar-refractivity contribution in [1.82, 2.24) is 0 Å². The third kappa shape index (κ3) is 3.39. The Kier molecular flexibility index (Phi) is 4.81. The van der Waals surface area contributed by atoms with Crippen LogP contribution in [0.5, 0.6) is 0 Å². The summed E-state index contributed by atoms with van der Waals surface area (Å²) >= 11 is 1.36. The predicted octanol–water partition coefficient (Wildman–Crippen LogP) is 3.31. The van der Waals surface area contributed by atoms with Gasteiger partial charge in [-0.1, -0.05) is 19.1 Å². The molecule has 1 saturated heterocycles. The summed E-state index contributed by atoms with van der Waals surface area (Å²) in [7, 11) is 0. The number of benzene rings is 1. The second-order valence-electron chi connectivity index (χ2n) is 5.77. The van der Waals surface area contributed by atoms with E-state index in [1.54, 1.807) is 18.2 Å². The predicted molar refractivity (Wildman–Crippen MR) is 93.9 cm³/mol. The Morgan fingerprint density at radius 1 is 1.48 bits per heavy atom. The highest BCUT2D eigenvalue weighted by molar-refractivity contribution is 7.16. The van der Waals surface area contributed by atoms with E-state index in [9.17, 15) is 19.2 Å². The maximum absolute atomic E-state index is 13.9. The van der Waals surface area contributed by atoms with Crippen molar-refractivity contribution < 1.29 is 14.0 Å². The molecule has 1 unspecified atom stereocenters. The smallest absolute Gasteiger partial charge is 0.230 e. The summed E-state index contributed by atoms with van der Waals surface area (Å²) < 4.78 is 13.9. The molecule has 0 bridgehead atoms. The fourth-order valence-corrected chi connectivity index (χ4v) is 3.74. The molecule has 5 nitrogen and oxygen atoms in total. The van der Waals surface area contributed by atoms with Gasteiger partial charge in [0.2, 0.25) is 11.8 Å². The number of thiophene rings is 1. The summed E-state index contributed by atoms with van der Waals surface area (Å²) in [6.45, 7) is 2.10. The minimum Gasteiger partial charge on any atom is -0.316 e. The maximum Gasteiger partial charge on any atom is 0.230 e. The first-order valence-electron chi connectivity index (χ1n) is 7.92. The van der Waals surface area contributed by atoms with Crippen LogP contribution in [0.1, 0.15) is 23.8 Å². The average molecular weight is 357 g/mol. The van der Waals surface area contributed by atoms with Crippen LogP contribution in [0.3, 0.4) is 0 Å². The van der Waals surface area contributed by atoms with Crippen molar-refractivity contribution in [2.45, 2.75) is 19.8 Å². The number of para-hydroxylation sites is 1. The van der Waals surface area contributed by atoms with Crippen LogP contribution in [0.25, 0.3) is 0 Å². The zero-order chi connectivity index (χ0) is 18.0. The number of amides is 2. The van der Waals surface area contributed by atoms with Gasteiger partial charge in [0, 0.05) is 17.8 Å². The molecule has 1 aromatic heterocycles. The normalized spacial score (nSPS) is 16.8. The van der Waals surface area contributed by atoms with E-state index in [1.807, 2.05) is 6.92 Å². The zero-order valence-electron chi connectivity index (χ0n) is 13.6. The van der Waals surface area contributed by atoms with Gasteiger partial charge in [0.15, 0.2) is 0 Å². The second kappa shape index (κ2) is 7.03. The quantitative estimate of drug-likeness (QED) is 0.912. The molecule has 128 valence electrons. The van der Waals surface area contributed by atoms with E-state index < -0.39 is 11.7 Å². The van der Waals surface area contributed by atoms with Gasteiger partial charge in [0.1, 0.15) is 16.9 Å². The van der Waals surface area contributed by atoms with Crippen LogP contribution < -0.4 is 10.2 Å². The van der Waals surface area contributed by atoms with Crippen molar-refractivity contribution in [2.75, 3.05) is 16.8 Å². The van der Waals surface area contributed by atoms with Crippen molar-refractivity contribution in [3.05, 3.63) is 46.6 Å². The molecule has 0 saturated carbocycles. The van der Waals surface area contributed by atoms with Crippen molar-refractivity contribution in [3.8, 4) is 6.07 Å². The summed E-state index contributed by atoms with van der Waals surface area (Å²) in [6, 6.07) is 9.83. The van der Waals surface area contributed by atoms with E-state index in [0.717, 1.165) is 11.3 Å². The average Bonchev–Trinajstić information content (AvgIpc) is 3.18. The first-order valence-corrected chi connectivity index (χ1v) is 8.73. The first kappa shape index (κ1) is 17.1. The fraction of sp³-hybridized carbons (Fsp3) is 0.278. The molecule has 1 aliphatic rings. The Hall–Kier alpha value is -2.72. The lowest BCUT2D eigenvalue weighted by Gasteiger charge is -2.17. The minimum absolute atomic E-state index is 0.0219. The number of rotatable bonds is 4. The number of hydrogen-bond acceptors (Lipinski definition) is 4. The van der Waals surface area contributed by atoms with E-state index in [-0.39, 0.29) is 30.5 Å². The van der Waals surface area contributed by atoms with Gasteiger partial charge in [0.05, 0.1) is 17.2 Å². The molecule has 2 heterocycles. The third-order valence-corrected chi connectivity index (χ3v) is 5.32. The van der Waals surface area contributed by atoms with Crippen LogP contribution in [0.15, 0.2) is 30.3 Å². The van der Waals surface area contributed by atoms with Crippen LogP contribution in [-0.4, -0.2) is 18.4 Å². The molecule has 1 N–H and O–H groups in total. The highest BCUT2D eigenvalue weighted by Crippen LogP contribution is 2.31. The van der Waals surface area contributed by atoms with Gasteiger partial charge in [-0.15, -0.1) is 11.3 Å². The van der Waals surface area contributed by atoms with Gasteiger partial charge >= 0.3 is 0 Å². The molecule has 2 amide bonds. The molecule has 25 heavy (non-hydrogen) atoms. The van der Waals surface area contributed by atoms with Gasteiger partial charge in [-0.2, -0.15) is 5.26 Å². The van der Waals surface area contributed by atoms with Gasteiger partial charge in [-0.05, 0) is 24.6 Å². The lowest BCUT2D eigenvalue weighted by Crippen LogP contribution is -2.28. The summed E-state index contributed by atoms with van der Waals surface area (Å²) in [6.07, 6.45) is 0.798. The highest BCUT2D eigenvalue weighted by Gasteiger charge is 2.36. The van der Waals surface area contributed by atoms with Gasteiger partial charge in [-0.3, -0.25) is 9.59 Å². The number of carbonyl (C=O) groups is 2. The Bertz CT molecular complexity index is 871. The molecule has 1 fully saturated rings. The number of hydrogen-bond donors (Lipinski definition) is 1. The molecule has 0 aliphatic carbocycles.